The third kappa shape index (κ3) is 3.04. The van der Waals surface area contributed by atoms with E-state index in [4.69, 9.17) is 0 Å². The molecule has 0 atom stereocenters. The second-order valence-electron chi connectivity index (χ2n) is 13.2. The summed E-state index contributed by atoms with van der Waals surface area (Å²) in [6.45, 7) is 0.293. The summed E-state index contributed by atoms with van der Waals surface area (Å²) in [5.74, 6) is 0. The summed E-state index contributed by atoms with van der Waals surface area (Å²) in [6.07, 6.45) is 0. The third-order valence-corrected chi connectivity index (χ3v) is 13.3. The van der Waals surface area contributed by atoms with Gasteiger partial charge in [-0.05, 0) is 0 Å². The van der Waals surface area contributed by atoms with Crippen LogP contribution in [-0.4, -0.2) is 28.4 Å². The summed E-state index contributed by atoms with van der Waals surface area (Å²) >= 11 is 0.219. The van der Waals surface area contributed by atoms with E-state index in [9.17, 15) is 0 Å². The molecule has 48 heavy (non-hydrogen) atoms. The van der Waals surface area contributed by atoms with E-state index in [0.29, 0.717) is 0 Å². The van der Waals surface area contributed by atoms with Crippen molar-refractivity contribution in [2.45, 2.75) is 0 Å². The number of para-hydroxylation sites is 6. The van der Waals surface area contributed by atoms with Gasteiger partial charge in [0.2, 0.25) is 0 Å². The van der Waals surface area contributed by atoms with Gasteiger partial charge in [-0.2, -0.15) is 0 Å². The molecule has 3 nitrogen and oxygen atoms in total. The van der Waals surface area contributed by atoms with Gasteiger partial charge in [0.25, 0.3) is 0 Å². The molecule has 0 radical (unpaired) electrons. The molecule has 7 aromatic rings. The molecule has 0 aromatic heterocycles. The molecule has 12 rings (SSSR count). The van der Waals surface area contributed by atoms with E-state index in [2.05, 4.69) is 166 Å². The van der Waals surface area contributed by atoms with Gasteiger partial charge in [0.05, 0.1) is 0 Å². The summed E-state index contributed by atoms with van der Waals surface area (Å²) in [4.78, 5) is 7.76. The Morgan fingerprint density at radius 1 is 0.354 bits per heavy atom. The Morgan fingerprint density at radius 2 is 0.792 bits per heavy atom. The molecule has 0 N–H and O–H groups in total. The van der Waals surface area contributed by atoms with Gasteiger partial charge in [0, 0.05) is 0 Å². The van der Waals surface area contributed by atoms with Crippen LogP contribution in [0.15, 0.2) is 152 Å². The third-order valence-electron chi connectivity index (χ3n) is 11.0. The molecule has 7 aromatic carbocycles. The average molecular weight is 672 g/mol. The molecule has 0 saturated carbocycles. The molecule has 6 heteroatoms. The number of hydrogen-bond acceptors (Lipinski definition) is 3. The molecule has 0 fully saturated rings. The zero-order valence-corrected chi connectivity index (χ0v) is 27.6. The molecule has 5 heterocycles. The van der Waals surface area contributed by atoms with Crippen molar-refractivity contribution >= 4 is 121 Å². The number of rotatable bonds is 2. The quantitative estimate of drug-likeness (QED) is 0.253. The van der Waals surface area contributed by atoms with Crippen molar-refractivity contribution in [1.82, 2.24) is 0 Å². The van der Waals surface area contributed by atoms with Crippen LogP contribution in [0.3, 0.4) is 0 Å². The molecular formula is C42H25B2N3Se. The van der Waals surface area contributed by atoms with E-state index in [-0.39, 0.29) is 28.4 Å². The number of benzene rings is 7. The summed E-state index contributed by atoms with van der Waals surface area (Å²) in [5.41, 5.74) is 20.1. The maximum absolute atomic E-state index is 2.71. The molecule has 0 bridgehead atoms. The molecule has 0 saturated heterocycles. The monoisotopic (exact) mass is 673 g/mol. The van der Waals surface area contributed by atoms with E-state index < -0.39 is 0 Å². The Labute approximate surface area is 286 Å². The molecule has 0 aliphatic carbocycles. The summed E-state index contributed by atoms with van der Waals surface area (Å²) < 4.78 is 2.96. The van der Waals surface area contributed by atoms with Crippen LogP contribution in [0.1, 0.15) is 0 Å². The number of anilines is 9. The van der Waals surface area contributed by atoms with E-state index in [1.165, 1.54) is 92.9 Å². The van der Waals surface area contributed by atoms with Gasteiger partial charge in [-0.15, -0.1) is 0 Å². The van der Waals surface area contributed by atoms with E-state index in [0.717, 1.165) is 0 Å². The van der Waals surface area contributed by atoms with Crippen molar-refractivity contribution in [3.05, 3.63) is 152 Å². The number of hydrogen-bond donors (Lipinski definition) is 0. The predicted molar refractivity (Wildman–Crippen MR) is 205 cm³/mol. The Morgan fingerprint density at radius 3 is 1.29 bits per heavy atom. The van der Waals surface area contributed by atoms with Gasteiger partial charge < -0.3 is 0 Å². The van der Waals surface area contributed by atoms with Crippen LogP contribution in [-0.2, 0) is 0 Å². The SMILES string of the molecule is c1ccc(N2c3ccccc3B3c4cccc5c4N4c6c(cccc6B6c7ccccc7N(c7ccccc7)c7cc2c3c4c76)[Se]5)cc1. The van der Waals surface area contributed by atoms with Crippen molar-refractivity contribution in [3.63, 3.8) is 0 Å². The number of nitrogens with zero attached hydrogens (tertiary/aromatic N) is 3. The van der Waals surface area contributed by atoms with Crippen LogP contribution in [0, 0.1) is 0 Å². The molecule has 5 aliphatic heterocycles. The standard InChI is InChI=1S/C42H25B2N3Se/c1-3-13-26(14-4-1)45-32-21-9-7-17-28(32)43-30-19-11-23-36-40(30)47-41-31(20-12-24-37(41)48-36)44-29-18-8-10-22-33(29)46(27-15-5-2-6-16-27)35-25-34(45)38(43)42(47)39(35)44/h1-25H. The number of fused-ring (bicyclic) bond motifs is 6. The van der Waals surface area contributed by atoms with Crippen LogP contribution in [0.4, 0.5) is 51.2 Å². The van der Waals surface area contributed by atoms with Crippen LogP contribution >= 0.6 is 0 Å². The molecule has 220 valence electrons. The van der Waals surface area contributed by atoms with Crippen molar-refractivity contribution in [2.24, 2.45) is 0 Å². The van der Waals surface area contributed by atoms with Gasteiger partial charge >= 0.3 is 288 Å². The van der Waals surface area contributed by atoms with E-state index in [1.807, 2.05) is 0 Å². The second-order valence-corrected chi connectivity index (χ2v) is 15.5. The minimum absolute atomic E-state index is 0.147. The van der Waals surface area contributed by atoms with Gasteiger partial charge in [-0.3, -0.25) is 0 Å². The van der Waals surface area contributed by atoms with Crippen molar-refractivity contribution < 1.29 is 0 Å². The van der Waals surface area contributed by atoms with Gasteiger partial charge in [0.15, 0.2) is 0 Å². The summed E-state index contributed by atoms with van der Waals surface area (Å²) in [5, 5.41) is 0. The van der Waals surface area contributed by atoms with Crippen molar-refractivity contribution in [1.29, 1.82) is 0 Å². The first kappa shape index (κ1) is 25.7. The van der Waals surface area contributed by atoms with Crippen LogP contribution in [0.2, 0.25) is 0 Å². The Balaban J connectivity index is 1.30. The fourth-order valence-electron chi connectivity index (χ4n) is 9.29. The molecule has 0 amide bonds. The molecular weight excluding hydrogens is 647 g/mol. The maximum atomic E-state index is 2.71. The first-order valence-electron chi connectivity index (χ1n) is 16.7. The first-order valence-corrected chi connectivity index (χ1v) is 18.4. The predicted octanol–water partition coefficient (Wildman–Crippen LogP) is 4.35. The van der Waals surface area contributed by atoms with E-state index >= 15 is 0 Å². The molecule has 5 aliphatic rings. The molecule has 0 spiro atoms. The normalized spacial score (nSPS) is 14.8. The second kappa shape index (κ2) is 9.14. The first-order chi connectivity index (χ1) is 23.9. The Hall–Kier alpha value is -5.41. The van der Waals surface area contributed by atoms with Crippen molar-refractivity contribution in [2.75, 3.05) is 14.7 Å². The zero-order chi connectivity index (χ0) is 31.1. The van der Waals surface area contributed by atoms with Crippen LogP contribution in [0.25, 0.3) is 0 Å². The van der Waals surface area contributed by atoms with Crippen LogP contribution in [0.5, 0.6) is 0 Å². The average Bonchev–Trinajstić information content (AvgIpc) is 3.15. The summed E-state index contributed by atoms with van der Waals surface area (Å²) in [6, 6.07) is 56.9. The Kier molecular flexibility index (Phi) is 4.88. The Bertz CT molecular complexity index is 2370. The zero-order valence-electron chi connectivity index (χ0n) is 25.8. The van der Waals surface area contributed by atoms with Gasteiger partial charge in [0.1, 0.15) is 0 Å². The summed E-state index contributed by atoms with van der Waals surface area (Å²) in [7, 11) is 0. The van der Waals surface area contributed by atoms with E-state index in [1.54, 1.807) is 0 Å². The topological polar surface area (TPSA) is 9.72 Å². The fourth-order valence-corrected chi connectivity index (χ4v) is 11.7. The fraction of sp³-hybridized carbons (Fsp3) is 0. The van der Waals surface area contributed by atoms with Gasteiger partial charge in [-0.1, -0.05) is 0 Å². The minimum atomic E-state index is 0.147. The van der Waals surface area contributed by atoms with Gasteiger partial charge in [-0.25, -0.2) is 0 Å². The van der Waals surface area contributed by atoms with Crippen molar-refractivity contribution in [3.8, 4) is 0 Å². The van der Waals surface area contributed by atoms with Crippen LogP contribution < -0.4 is 56.4 Å². The molecule has 0 unspecified atom stereocenters.